The molecule has 0 unspecified atom stereocenters. The third-order valence-corrected chi connectivity index (χ3v) is 2.26. The third-order valence-electron chi connectivity index (χ3n) is 2.26. The maximum atomic E-state index is 9.62. The van der Waals surface area contributed by atoms with Crippen molar-refractivity contribution in [3.05, 3.63) is 30.1 Å². The molecule has 0 radical (unpaired) electrons. The van der Waals surface area contributed by atoms with Gasteiger partial charge in [-0.05, 0) is 18.6 Å². The summed E-state index contributed by atoms with van der Waals surface area (Å²) in [4.78, 5) is 7.23. The van der Waals surface area contributed by atoms with Gasteiger partial charge in [-0.1, -0.05) is 13.0 Å². The van der Waals surface area contributed by atoms with Gasteiger partial charge in [-0.2, -0.15) is 0 Å². The van der Waals surface area contributed by atoms with E-state index >= 15 is 0 Å². The van der Waals surface area contributed by atoms with E-state index in [-0.39, 0.29) is 11.5 Å². The molecule has 2 rings (SSSR count). The van der Waals surface area contributed by atoms with Crippen LogP contribution in [0.3, 0.4) is 0 Å². The molecule has 4 heteroatoms. The Kier molecular flexibility index (Phi) is 2.33. The van der Waals surface area contributed by atoms with E-state index in [0.29, 0.717) is 11.4 Å². The molecule has 0 bridgehead atoms. The summed E-state index contributed by atoms with van der Waals surface area (Å²) in [6.07, 6.45) is 2.62. The topological polar surface area (TPSA) is 69.1 Å². The fourth-order valence-corrected chi connectivity index (χ4v) is 1.40. The van der Waals surface area contributed by atoms with E-state index in [0.717, 1.165) is 12.1 Å². The van der Waals surface area contributed by atoms with Crippen molar-refractivity contribution in [2.45, 2.75) is 13.3 Å². The molecule has 4 nitrogen and oxygen atoms in total. The number of phenols is 2. The van der Waals surface area contributed by atoms with Crippen molar-refractivity contribution in [1.29, 1.82) is 0 Å². The molecule has 0 atom stereocenters. The second kappa shape index (κ2) is 3.65. The van der Waals surface area contributed by atoms with Crippen LogP contribution in [-0.4, -0.2) is 20.2 Å². The number of nitrogens with one attached hydrogen (secondary N) is 1. The molecule has 0 saturated heterocycles. The maximum Gasteiger partial charge on any atom is 0.168 e. The second-order valence-corrected chi connectivity index (χ2v) is 3.27. The van der Waals surface area contributed by atoms with E-state index in [1.165, 1.54) is 6.07 Å². The number of aryl methyl sites for hydroxylation is 1. The van der Waals surface area contributed by atoms with Crippen LogP contribution in [-0.2, 0) is 6.42 Å². The quantitative estimate of drug-likeness (QED) is 0.656. The van der Waals surface area contributed by atoms with Crippen LogP contribution in [0.2, 0.25) is 0 Å². The molecule has 0 fully saturated rings. The Bertz CT molecular complexity index is 477. The van der Waals surface area contributed by atoms with Crippen molar-refractivity contribution in [2.24, 2.45) is 0 Å². The number of aromatic nitrogens is 2. The van der Waals surface area contributed by atoms with Crippen molar-refractivity contribution in [3.63, 3.8) is 0 Å². The zero-order chi connectivity index (χ0) is 10.8. The molecule has 0 spiro atoms. The van der Waals surface area contributed by atoms with Gasteiger partial charge in [0.1, 0.15) is 5.82 Å². The molecule has 2 aromatic rings. The average Bonchev–Trinajstić information content (AvgIpc) is 2.70. The van der Waals surface area contributed by atoms with Crippen molar-refractivity contribution >= 4 is 0 Å². The van der Waals surface area contributed by atoms with Crippen LogP contribution >= 0.6 is 0 Å². The lowest BCUT2D eigenvalue weighted by molar-refractivity contribution is 0.405. The highest BCUT2D eigenvalue weighted by Crippen LogP contribution is 2.34. The van der Waals surface area contributed by atoms with E-state index in [4.69, 9.17) is 0 Å². The summed E-state index contributed by atoms with van der Waals surface area (Å²) in [6.45, 7) is 2.00. The molecule has 78 valence electrons. The van der Waals surface area contributed by atoms with Gasteiger partial charge in [-0.3, -0.25) is 0 Å². The van der Waals surface area contributed by atoms with Crippen molar-refractivity contribution in [1.82, 2.24) is 9.97 Å². The third kappa shape index (κ3) is 1.66. The van der Waals surface area contributed by atoms with E-state index < -0.39 is 0 Å². The number of hydrogen-bond donors (Lipinski definition) is 3. The fraction of sp³-hybridized carbons (Fsp3) is 0.182. The number of aromatic amines is 1. The van der Waals surface area contributed by atoms with Crippen LogP contribution in [0.1, 0.15) is 12.6 Å². The van der Waals surface area contributed by atoms with Crippen molar-refractivity contribution in [2.75, 3.05) is 0 Å². The molecule has 1 aromatic carbocycles. The van der Waals surface area contributed by atoms with E-state index in [2.05, 4.69) is 9.97 Å². The van der Waals surface area contributed by atoms with Gasteiger partial charge >= 0.3 is 0 Å². The van der Waals surface area contributed by atoms with Crippen LogP contribution in [0, 0.1) is 0 Å². The Morgan fingerprint density at radius 3 is 2.80 bits per heavy atom. The van der Waals surface area contributed by atoms with Crippen LogP contribution in [0.5, 0.6) is 11.5 Å². The molecule has 15 heavy (non-hydrogen) atoms. The number of H-pyrrole nitrogens is 1. The Labute approximate surface area is 87.2 Å². The van der Waals surface area contributed by atoms with Gasteiger partial charge < -0.3 is 15.2 Å². The number of nitrogens with zero attached hydrogens (tertiary/aromatic N) is 1. The Hall–Kier alpha value is -1.97. The first-order valence-corrected chi connectivity index (χ1v) is 4.78. The number of imidazole rings is 1. The molecular formula is C11H12N2O2. The first-order chi connectivity index (χ1) is 7.22. The van der Waals surface area contributed by atoms with Crippen LogP contribution < -0.4 is 0 Å². The lowest BCUT2D eigenvalue weighted by atomic mass is 10.2. The first kappa shape index (κ1) is 9.58. The SMILES string of the molecule is CCc1c[nH]c(-c2cccc(O)c2O)n1. The van der Waals surface area contributed by atoms with E-state index in [1.54, 1.807) is 18.3 Å². The Morgan fingerprint density at radius 1 is 1.33 bits per heavy atom. The van der Waals surface area contributed by atoms with Gasteiger partial charge in [0.05, 0.1) is 11.3 Å². The highest BCUT2D eigenvalue weighted by molar-refractivity contribution is 5.67. The van der Waals surface area contributed by atoms with Crippen molar-refractivity contribution in [3.8, 4) is 22.9 Å². The minimum absolute atomic E-state index is 0.137. The summed E-state index contributed by atoms with van der Waals surface area (Å²) < 4.78 is 0. The van der Waals surface area contributed by atoms with Crippen LogP contribution in [0.4, 0.5) is 0 Å². The number of rotatable bonds is 2. The van der Waals surface area contributed by atoms with Gasteiger partial charge in [0.15, 0.2) is 11.5 Å². The Morgan fingerprint density at radius 2 is 2.13 bits per heavy atom. The minimum atomic E-state index is -0.144. The molecule has 0 aliphatic rings. The summed E-state index contributed by atoms with van der Waals surface area (Å²) in [6, 6.07) is 4.80. The maximum absolute atomic E-state index is 9.62. The molecule has 1 heterocycles. The number of hydrogen-bond acceptors (Lipinski definition) is 3. The van der Waals surface area contributed by atoms with E-state index in [9.17, 15) is 10.2 Å². The predicted molar refractivity (Wildman–Crippen MR) is 56.7 cm³/mol. The second-order valence-electron chi connectivity index (χ2n) is 3.27. The molecule has 0 aliphatic heterocycles. The molecule has 0 saturated carbocycles. The number of para-hydroxylation sites is 1. The molecular weight excluding hydrogens is 192 g/mol. The Balaban J connectivity index is 2.49. The van der Waals surface area contributed by atoms with Gasteiger partial charge in [-0.15, -0.1) is 0 Å². The monoisotopic (exact) mass is 204 g/mol. The minimum Gasteiger partial charge on any atom is -0.504 e. The standard InChI is InChI=1S/C11H12N2O2/c1-2-7-6-12-11(13-7)8-4-3-5-9(14)10(8)15/h3-6,14-15H,2H2,1H3,(H,12,13). The number of phenolic OH excluding ortho intramolecular Hbond substituents is 2. The van der Waals surface area contributed by atoms with Gasteiger partial charge in [0.2, 0.25) is 0 Å². The summed E-state index contributed by atoms with van der Waals surface area (Å²) in [5, 5.41) is 19.0. The summed E-state index contributed by atoms with van der Waals surface area (Å²) >= 11 is 0. The number of aromatic hydroxyl groups is 2. The van der Waals surface area contributed by atoms with Gasteiger partial charge in [0.25, 0.3) is 0 Å². The van der Waals surface area contributed by atoms with Crippen molar-refractivity contribution < 1.29 is 10.2 Å². The normalized spacial score (nSPS) is 10.5. The molecule has 1 aromatic heterocycles. The smallest absolute Gasteiger partial charge is 0.168 e. The summed E-state index contributed by atoms with van der Waals surface area (Å²) in [5.41, 5.74) is 1.43. The van der Waals surface area contributed by atoms with Gasteiger partial charge in [-0.25, -0.2) is 4.98 Å². The zero-order valence-electron chi connectivity index (χ0n) is 8.36. The molecule has 0 aliphatic carbocycles. The molecule has 3 N–H and O–H groups in total. The lowest BCUT2D eigenvalue weighted by Crippen LogP contribution is -1.83. The largest absolute Gasteiger partial charge is 0.504 e. The van der Waals surface area contributed by atoms with Crippen LogP contribution in [0.25, 0.3) is 11.4 Å². The highest BCUT2D eigenvalue weighted by Gasteiger charge is 2.10. The fourth-order valence-electron chi connectivity index (χ4n) is 1.40. The molecule has 0 amide bonds. The van der Waals surface area contributed by atoms with Gasteiger partial charge in [0, 0.05) is 6.20 Å². The number of benzene rings is 1. The van der Waals surface area contributed by atoms with E-state index in [1.807, 2.05) is 6.92 Å². The average molecular weight is 204 g/mol. The lowest BCUT2D eigenvalue weighted by Gasteiger charge is -2.02. The highest BCUT2D eigenvalue weighted by atomic mass is 16.3. The predicted octanol–water partition coefficient (Wildman–Crippen LogP) is 2.05. The summed E-state index contributed by atoms with van der Waals surface area (Å²) in [7, 11) is 0. The van der Waals surface area contributed by atoms with Crippen LogP contribution in [0.15, 0.2) is 24.4 Å². The zero-order valence-corrected chi connectivity index (χ0v) is 8.36. The summed E-state index contributed by atoms with van der Waals surface area (Å²) in [5.74, 6) is 0.289. The first-order valence-electron chi connectivity index (χ1n) is 4.78.